The fourth-order valence-corrected chi connectivity index (χ4v) is 5.95. The monoisotopic (exact) mass is 630 g/mol. The zero-order valence-electron chi connectivity index (χ0n) is 24.4. The molecule has 3 rings (SSSR count). The molecule has 11 nitrogen and oxygen atoms in total. The molecule has 0 spiro atoms. The van der Waals surface area contributed by atoms with Crippen LogP contribution >= 0.6 is 11.6 Å². The van der Waals surface area contributed by atoms with Crippen molar-refractivity contribution >= 4 is 44.8 Å². The molecule has 1 unspecified atom stereocenters. The molecule has 0 radical (unpaired) electrons. The number of hydrogen-bond donors (Lipinski definition) is 1. The zero-order chi connectivity index (χ0) is 31.7. The van der Waals surface area contributed by atoms with Crippen molar-refractivity contribution in [3.8, 4) is 5.75 Å². The third-order valence-corrected chi connectivity index (χ3v) is 8.84. The Kier molecular flexibility index (Phi) is 11.5. The normalized spacial score (nSPS) is 11.8. The predicted octanol–water partition coefficient (Wildman–Crippen LogP) is 5.09. The van der Waals surface area contributed by atoms with Gasteiger partial charge in [-0.3, -0.25) is 24.0 Å². The van der Waals surface area contributed by atoms with E-state index in [1.54, 1.807) is 31.2 Å². The van der Waals surface area contributed by atoms with Gasteiger partial charge in [-0.2, -0.15) is 0 Å². The van der Waals surface area contributed by atoms with Crippen molar-refractivity contribution in [2.45, 2.75) is 51.1 Å². The zero-order valence-corrected chi connectivity index (χ0v) is 26.0. The van der Waals surface area contributed by atoms with Gasteiger partial charge in [0.05, 0.1) is 22.6 Å². The molecule has 0 fully saturated rings. The van der Waals surface area contributed by atoms with E-state index < -0.39 is 44.0 Å². The quantitative estimate of drug-likeness (QED) is 0.149. The van der Waals surface area contributed by atoms with Crippen molar-refractivity contribution in [1.82, 2.24) is 10.2 Å². The molecule has 43 heavy (non-hydrogen) atoms. The van der Waals surface area contributed by atoms with E-state index in [1.165, 1.54) is 49.3 Å². The van der Waals surface area contributed by atoms with Crippen LogP contribution in [0.15, 0.2) is 71.6 Å². The standard InChI is InChI=1S/C30H35ClN4O7S/c1-5-6-16-32-30(37)22(3)33(19-23-10-8-7-9-11-23)29(36)20-34(27-17-24(31)13-15-28(27)42-4)43(40,41)25-14-12-21(2)26(18-25)35(38)39/h7-15,17-18,22H,5-6,16,19-20H2,1-4H3,(H,32,37). The van der Waals surface area contributed by atoms with E-state index in [1.807, 2.05) is 13.0 Å². The lowest BCUT2D eigenvalue weighted by Crippen LogP contribution is -2.51. The van der Waals surface area contributed by atoms with Crippen LogP contribution in [-0.2, 0) is 26.2 Å². The van der Waals surface area contributed by atoms with Gasteiger partial charge < -0.3 is 15.0 Å². The number of sulfonamides is 1. The number of anilines is 1. The molecule has 0 bridgehead atoms. The maximum Gasteiger partial charge on any atom is 0.273 e. The molecule has 0 heterocycles. The number of nitrogens with zero attached hydrogens (tertiary/aromatic N) is 3. The Morgan fingerprint density at radius 2 is 1.79 bits per heavy atom. The number of halogens is 1. The van der Waals surface area contributed by atoms with Gasteiger partial charge >= 0.3 is 0 Å². The maximum atomic E-state index is 14.1. The summed E-state index contributed by atoms with van der Waals surface area (Å²) < 4.78 is 34.5. The summed E-state index contributed by atoms with van der Waals surface area (Å²) in [5, 5.41) is 14.6. The van der Waals surface area contributed by atoms with Crippen LogP contribution < -0.4 is 14.4 Å². The van der Waals surface area contributed by atoms with Gasteiger partial charge in [-0.15, -0.1) is 0 Å². The topological polar surface area (TPSA) is 139 Å². The Morgan fingerprint density at radius 1 is 1.09 bits per heavy atom. The van der Waals surface area contributed by atoms with Crippen molar-refractivity contribution in [2.24, 2.45) is 0 Å². The van der Waals surface area contributed by atoms with Gasteiger partial charge in [0.25, 0.3) is 15.7 Å². The van der Waals surface area contributed by atoms with Crippen molar-refractivity contribution in [2.75, 3.05) is 24.5 Å². The number of nitro benzene ring substituents is 1. The molecule has 3 aromatic rings. The fraction of sp³-hybridized carbons (Fsp3) is 0.333. The summed E-state index contributed by atoms with van der Waals surface area (Å²) >= 11 is 6.25. The Labute approximate surface area is 256 Å². The molecular formula is C30H35ClN4O7S. The van der Waals surface area contributed by atoms with Crippen LogP contribution in [0.2, 0.25) is 5.02 Å². The Balaban J connectivity index is 2.12. The van der Waals surface area contributed by atoms with Crippen LogP contribution in [0.1, 0.15) is 37.8 Å². The molecule has 0 aliphatic rings. The number of benzene rings is 3. The van der Waals surface area contributed by atoms with E-state index in [0.29, 0.717) is 6.54 Å². The molecule has 1 atom stereocenters. The first-order chi connectivity index (χ1) is 20.4. The second kappa shape index (κ2) is 14.8. The SMILES string of the molecule is CCCCNC(=O)C(C)N(Cc1ccccc1)C(=O)CN(c1cc(Cl)ccc1OC)S(=O)(=O)c1ccc(C)c([N+](=O)[O-])c1. The van der Waals surface area contributed by atoms with E-state index in [0.717, 1.165) is 28.8 Å². The summed E-state index contributed by atoms with van der Waals surface area (Å²) in [6.45, 7) is 4.76. The van der Waals surface area contributed by atoms with Gasteiger partial charge in [-0.25, -0.2) is 8.42 Å². The van der Waals surface area contributed by atoms with Crippen molar-refractivity contribution < 1.29 is 27.7 Å². The van der Waals surface area contributed by atoms with Gasteiger partial charge in [0.15, 0.2) is 0 Å². The number of carbonyl (C=O) groups is 2. The number of ether oxygens (including phenoxy) is 1. The molecule has 230 valence electrons. The second-order valence-electron chi connectivity index (χ2n) is 9.86. The van der Waals surface area contributed by atoms with Gasteiger partial charge in [0.1, 0.15) is 18.3 Å². The molecule has 0 aliphatic carbocycles. The molecule has 3 aromatic carbocycles. The van der Waals surface area contributed by atoms with Crippen LogP contribution in [-0.4, -0.2) is 56.3 Å². The summed E-state index contributed by atoms with van der Waals surface area (Å²) in [5.41, 5.74) is 0.552. The van der Waals surface area contributed by atoms with Crippen LogP contribution in [0.5, 0.6) is 5.75 Å². The maximum absolute atomic E-state index is 14.1. The highest BCUT2D eigenvalue weighted by molar-refractivity contribution is 7.92. The molecule has 13 heteroatoms. The Bertz CT molecular complexity index is 1570. The van der Waals surface area contributed by atoms with E-state index in [4.69, 9.17) is 16.3 Å². The number of hydrogen-bond acceptors (Lipinski definition) is 7. The minimum Gasteiger partial charge on any atom is -0.495 e. The first-order valence-electron chi connectivity index (χ1n) is 13.6. The van der Waals surface area contributed by atoms with Crippen molar-refractivity contribution in [3.05, 3.63) is 93.0 Å². The first kappa shape index (κ1) is 33.3. The highest BCUT2D eigenvalue weighted by Crippen LogP contribution is 2.36. The molecule has 0 saturated heterocycles. The second-order valence-corrected chi connectivity index (χ2v) is 12.2. The van der Waals surface area contributed by atoms with E-state index in [9.17, 15) is 28.1 Å². The average Bonchev–Trinajstić information content (AvgIpc) is 2.98. The van der Waals surface area contributed by atoms with Crippen LogP contribution in [0.4, 0.5) is 11.4 Å². The number of aryl methyl sites for hydroxylation is 1. The minimum atomic E-state index is -4.60. The van der Waals surface area contributed by atoms with Gasteiger partial charge in [-0.1, -0.05) is 61.3 Å². The van der Waals surface area contributed by atoms with E-state index in [-0.39, 0.29) is 34.5 Å². The molecular weight excluding hydrogens is 596 g/mol. The van der Waals surface area contributed by atoms with Crippen LogP contribution in [0.25, 0.3) is 0 Å². The largest absolute Gasteiger partial charge is 0.495 e. The predicted molar refractivity (Wildman–Crippen MR) is 165 cm³/mol. The first-order valence-corrected chi connectivity index (χ1v) is 15.4. The summed E-state index contributed by atoms with van der Waals surface area (Å²) in [6.07, 6.45) is 1.63. The summed E-state index contributed by atoms with van der Waals surface area (Å²) in [7, 11) is -3.27. The lowest BCUT2D eigenvalue weighted by Gasteiger charge is -2.32. The molecule has 2 amide bonds. The number of rotatable bonds is 14. The molecule has 0 aliphatic heterocycles. The minimum absolute atomic E-state index is 0.0264. The van der Waals surface area contributed by atoms with E-state index in [2.05, 4.69) is 5.32 Å². The smallest absolute Gasteiger partial charge is 0.273 e. The van der Waals surface area contributed by atoms with Crippen LogP contribution in [0.3, 0.4) is 0 Å². The molecule has 0 aromatic heterocycles. The molecule has 0 saturated carbocycles. The van der Waals surface area contributed by atoms with Crippen LogP contribution in [0, 0.1) is 17.0 Å². The number of unbranched alkanes of at least 4 members (excludes halogenated alkanes) is 1. The average molecular weight is 631 g/mol. The summed E-state index contributed by atoms with van der Waals surface area (Å²) in [5.74, 6) is -0.974. The third kappa shape index (κ3) is 8.23. The molecule has 1 N–H and O–H groups in total. The third-order valence-electron chi connectivity index (χ3n) is 6.85. The van der Waals surface area contributed by atoms with Gasteiger partial charge in [-0.05, 0) is 50.1 Å². The van der Waals surface area contributed by atoms with Crippen molar-refractivity contribution in [1.29, 1.82) is 0 Å². The Hall–Kier alpha value is -4.16. The number of nitrogens with one attached hydrogen (secondary N) is 1. The lowest BCUT2D eigenvalue weighted by atomic mass is 10.1. The van der Waals surface area contributed by atoms with Crippen molar-refractivity contribution in [3.63, 3.8) is 0 Å². The highest BCUT2D eigenvalue weighted by Gasteiger charge is 2.34. The number of nitro groups is 1. The van der Waals surface area contributed by atoms with Gasteiger partial charge in [0.2, 0.25) is 11.8 Å². The highest BCUT2D eigenvalue weighted by atomic mass is 35.5. The lowest BCUT2D eigenvalue weighted by molar-refractivity contribution is -0.385. The number of carbonyl (C=O) groups excluding carboxylic acids is 2. The number of amides is 2. The summed E-state index contributed by atoms with van der Waals surface area (Å²) in [4.78, 5) is 39.0. The van der Waals surface area contributed by atoms with E-state index >= 15 is 0 Å². The fourth-order valence-electron chi connectivity index (χ4n) is 4.34. The Morgan fingerprint density at radius 3 is 2.42 bits per heavy atom. The summed E-state index contributed by atoms with van der Waals surface area (Å²) in [6, 6.07) is 15.8. The number of methoxy groups -OCH3 is 1. The van der Waals surface area contributed by atoms with Gasteiger partial charge in [0, 0.05) is 29.7 Å².